The van der Waals surface area contributed by atoms with E-state index in [2.05, 4.69) is 5.32 Å². The number of carbonyl (C=O) groups is 2. The van der Waals surface area contributed by atoms with Crippen LogP contribution in [0.5, 0.6) is 11.5 Å². The summed E-state index contributed by atoms with van der Waals surface area (Å²) in [5, 5.41) is 3.96. The van der Waals surface area contributed by atoms with Gasteiger partial charge in [0.2, 0.25) is 0 Å². The number of primary amides is 1. The third-order valence-electron chi connectivity index (χ3n) is 3.89. The smallest absolute Gasteiger partial charge is 0.319 e. The average molecular weight is 342 g/mol. The van der Waals surface area contributed by atoms with Crippen molar-refractivity contribution in [3.8, 4) is 11.5 Å². The van der Waals surface area contributed by atoms with Gasteiger partial charge in [-0.3, -0.25) is 10.1 Å². The largest absolute Gasteiger partial charge is 0.486 e. The number of hydrogen-bond acceptors (Lipinski definition) is 4. The molecule has 0 fully saturated rings. The van der Waals surface area contributed by atoms with Gasteiger partial charge in [-0.2, -0.15) is 0 Å². The molecule has 2 aromatic rings. The van der Waals surface area contributed by atoms with Crippen LogP contribution in [0.3, 0.4) is 0 Å². The van der Waals surface area contributed by atoms with E-state index in [9.17, 15) is 9.59 Å². The van der Waals surface area contributed by atoms with Crippen molar-refractivity contribution in [1.82, 2.24) is 5.32 Å². The molecule has 0 radical (unpaired) electrons. The molecule has 0 bridgehead atoms. The maximum Gasteiger partial charge on any atom is 0.319 e. The first kappa shape index (κ1) is 16.8. The monoisotopic (exact) mass is 342 g/mol. The number of benzene rings is 2. The molecular weight excluding hydrogens is 322 g/mol. The van der Waals surface area contributed by atoms with Gasteiger partial charge in [0.1, 0.15) is 13.2 Å². The standard InChI is InChI=1S/C18H19N3O4/c19-18(23)21-17(22)16(12-6-2-1-3-7-12)20-10-13-11-24-14-8-4-5-9-15(14)25-13/h1-9,13,16,20H,10-11H2,(H3,19,21,22,23)/p+1/t13-,16+/m0/s1. The SMILES string of the molecule is NC(=O)NC(=O)[C@H]([NH2+]C[C@H]1COc2ccccc2O1)c1ccccc1. The van der Waals surface area contributed by atoms with Gasteiger partial charge in [0.05, 0.1) is 0 Å². The van der Waals surface area contributed by atoms with Gasteiger partial charge in [-0.25, -0.2) is 4.79 Å². The van der Waals surface area contributed by atoms with E-state index < -0.39 is 18.0 Å². The molecule has 7 nitrogen and oxygen atoms in total. The molecule has 0 spiro atoms. The number of hydrogen-bond donors (Lipinski definition) is 3. The summed E-state index contributed by atoms with van der Waals surface area (Å²) in [6.45, 7) is 0.881. The van der Waals surface area contributed by atoms with Gasteiger partial charge in [-0.1, -0.05) is 42.5 Å². The molecule has 1 aliphatic heterocycles. The van der Waals surface area contributed by atoms with E-state index in [0.29, 0.717) is 24.7 Å². The maximum absolute atomic E-state index is 12.3. The summed E-state index contributed by atoms with van der Waals surface area (Å²) < 4.78 is 11.6. The van der Waals surface area contributed by atoms with Crippen molar-refractivity contribution in [3.63, 3.8) is 0 Å². The zero-order valence-electron chi connectivity index (χ0n) is 13.6. The molecule has 1 heterocycles. The number of nitrogens with one attached hydrogen (secondary N) is 1. The molecule has 0 aliphatic carbocycles. The topological polar surface area (TPSA) is 107 Å². The molecular formula is C18H20N3O4+. The van der Waals surface area contributed by atoms with Crippen molar-refractivity contribution < 1.29 is 24.4 Å². The molecule has 3 rings (SSSR count). The van der Waals surface area contributed by atoms with E-state index in [0.717, 1.165) is 5.56 Å². The Kier molecular flexibility index (Phi) is 5.15. The molecule has 1 aliphatic rings. The first-order valence-electron chi connectivity index (χ1n) is 8.00. The van der Waals surface area contributed by atoms with Crippen LogP contribution in [0.4, 0.5) is 4.79 Å². The van der Waals surface area contributed by atoms with Crippen molar-refractivity contribution in [2.75, 3.05) is 13.2 Å². The van der Waals surface area contributed by atoms with Crippen LogP contribution in [0.2, 0.25) is 0 Å². The molecule has 2 aromatic carbocycles. The first-order chi connectivity index (χ1) is 12.1. The van der Waals surface area contributed by atoms with E-state index >= 15 is 0 Å². The van der Waals surface area contributed by atoms with Gasteiger partial charge < -0.3 is 20.5 Å². The van der Waals surface area contributed by atoms with Crippen LogP contribution in [0.25, 0.3) is 0 Å². The lowest BCUT2D eigenvalue weighted by Crippen LogP contribution is -2.90. The van der Waals surface area contributed by atoms with Crippen LogP contribution < -0.4 is 25.8 Å². The van der Waals surface area contributed by atoms with E-state index in [1.165, 1.54) is 0 Å². The van der Waals surface area contributed by atoms with Crippen LogP contribution in [0.1, 0.15) is 11.6 Å². The highest BCUT2D eigenvalue weighted by Gasteiger charge is 2.28. The lowest BCUT2D eigenvalue weighted by atomic mass is 10.1. The van der Waals surface area contributed by atoms with Gasteiger partial charge in [-0.15, -0.1) is 0 Å². The number of fused-ring (bicyclic) bond motifs is 1. The van der Waals surface area contributed by atoms with E-state index in [4.69, 9.17) is 15.2 Å². The second-order valence-electron chi connectivity index (χ2n) is 5.71. The van der Waals surface area contributed by atoms with Crippen molar-refractivity contribution in [3.05, 3.63) is 60.2 Å². The van der Waals surface area contributed by atoms with Crippen LogP contribution in [0.15, 0.2) is 54.6 Å². The number of urea groups is 1. The van der Waals surface area contributed by atoms with Crippen LogP contribution >= 0.6 is 0 Å². The summed E-state index contributed by atoms with van der Waals surface area (Å²) in [7, 11) is 0. The van der Waals surface area contributed by atoms with Gasteiger partial charge in [0.15, 0.2) is 23.6 Å². The highest BCUT2D eigenvalue weighted by Crippen LogP contribution is 2.30. The Bertz CT molecular complexity index is 751. The minimum absolute atomic E-state index is 0.206. The minimum Gasteiger partial charge on any atom is -0.486 e. The minimum atomic E-state index is -0.870. The summed E-state index contributed by atoms with van der Waals surface area (Å²) in [6.07, 6.45) is -0.206. The quantitative estimate of drug-likeness (QED) is 0.727. The summed E-state index contributed by atoms with van der Waals surface area (Å²) >= 11 is 0. The third-order valence-corrected chi connectivity index (χ3v) is 3.89. The Labute approximate surface area is 145 Å². The third kappa shape index (κ3) is 4.27. The first-order valence-corrected chi connectivity index (χ1v) is 8.00. The van der Waals surface area contributed by atoms with Crippen molar-refractivity contribution in [1.29, 1.82) is 0 Å². The number of quaternary nitrogens is 1. The molecule has 25 heavy (non-hydrogen) atoms. The van der Waals surface area contributed by atoms with Crippen LogP contribution in [-0.2, 0) is 4.79 Å². The zero-order chi connectivity index (χ0) is 17.6. The number of carbonyl (C=O) groups excluding carboxylic acids is 2. The number of ether oxygens (including phenoxy) is 2. The van der Waals surface area contributed by atoms with Gasteiger partial charge in [0.25, 0.3) is 5.91 Å². The molecule has 0 saturated carbocycles. The zero-order valence-corrected chi connectivity index (χ0v) is 13.6. The molecule has 0 aromatic heterocycles. The Morgan fingerprint density at radius 3 is 2.52 bits per heavy atom. The Morgan fingerprint density at radius 2 is 1.80 bits per heavy atom. The fraction of sp³-hybridized carbons (Fsp3) is 0.222. The van der Waals surface area contributed by atoms with E-state index in [1.807, 2.05) is 59.9 Å². The summed E-state index contributed by atoms with van der Waals surface area (Å²) in [6, 6.07) is 15.2. The fourth-order valence-corrected chi connectivity index (χ4v) is 2.72. The number of amides is 3. The summed E-state index contributed by atoms with van der Waals surface area (Å²) in [4.78, 5) is 23.3. The molecule has 2 atom stereocenters. The van der Waals surface area contributed by atoms with Crippen molar-refractivity contribution in [2.24, 2.45) is 5.73 Å². The van der Waals surface area contributed by atoms with Gasteiger partial charge >= 0.3 is 6.03 Å². The number of imide groups is 1. The second-order valence-corrected chi connectivity index (χ2v) is 5.71. The van der Waals surface area contributed by atoms with Gasteiger partial charge in [0, 0.05) is 5.56 Å². The molecule has 3 amide bonds. The van der Waals surface area contributed by atoms with Crippen molar-refractivity contribution >= 4 is 11.9 Å². The molecule has 0 unspecified atom stereocenters. The van der Waals surface area contributed by atoms with E-state index in [-0.39, 0.29) is 6.10 Å². The second kappa shape index (κ2) is 7.67. The maximum atomic E-state index is 12.3. The summed E-state index contributed by atoms with van der Waals surface area (Å²) in [5.74, 6) is 0.936. The Balaban J connectivity index is 1.67. The Hall–Kier alpha value is -3.06. The Morgan fingerprint density at radius 1 is 1.12 bits per heavy atom. The highest BCUT2D eigenvalue weighted by molar-refractivity contribution is 5.96. The molecule has 7 heteroatoms. The molecule has 0 saturated heterocycles. The lowest BCUT2D eigenvalue weighted by Gasteiger charge is -2.26. The molecule has 130 valence electrons. The predicted molar refractivity (Wildman–Crippen MR) is 90.1 cm³/mol. The van der Waals surface area contributed by atoms with Crippen LogP contribution in [-0.4, -0.2) is 31.2 Å². The number of para-hydroxylation sites is 2. The van der Waals surface area contributed by atoms with E-state index in [1.54, 1.807) is 0 Å². The highest BCUT2D eigenvalue weighted by atomic mass is 16.6. The summed E-state index contributed by atoms with van der Waals surface area (Å²) in [5.41, 5.74) is 5.85. The lowest BCUT2D eigenvalue weighted by molar-refractivity contribution is -0.688. The number of rotatable bonds is 5. The van der Waals surface area contributed by atoms with Crippen molar-refractivity contribution in [2.45, 2.75) is 12.1 Å². The van der Waals surface area contributed by atoms with Crippen LogP contribution in [0, 0.1) is 0 Å². The van der Waals surface area contributed by atoms with Gasteiger partial charge in [-0.05, 0) is 12.1 Å². The fourth-order valence-electron chi connectivity index (χ4n) is 2.72. The number of nitrogens with two attached hydrogens (primary N) is 2. The predicted octanol–water partition coefficient (Wildman–Crippen LogP) is 0.326. The normalized spacial score (nSPS) is 16.7. The average Bonchev–Trinajstić information content (AvgIpc) is 2.62. The molecule has 5 N–H and O–H groups in total.